The lowest BCUT2D eigenvalue weighted by Crippen LogP contribution is -2.03. The van der Waals surface area contributed by atoms with E-state index in [4.69, 9.17) is 10.3 Å². The smallest absolute Gasteiger partial charge is 0.305 e. The van der Waals surface area contributed by atoms with Gasteiger partial charge in [0, 0.05) is 17.9 Å². The molecule has 0 heterocycles. The van der Waals surface area contributed by atoms with Crippen LogP contribution in [0.4, 0.5) is 0 Å². The molecule has 98 valence electrons. The predicted octanol–water partition coefficient (Wildman–Crippen LogP) is 3.98. The largest absolute Gasteiger partial charge is 0.466 e. The van der Waals surface area contributed by atoms with Crippen LogP contribution in [0.2, 0.25) is 0 Å². The first-order valence-electron chi connectivity index (χ1n) is 6.47. The van der Waals surface area contributed by atoms with Gasteiger partial charge in [0.25, 0.3) is 0 Å². The number of rotatable bonds is 11. The summed E-state index contributed by atoms with van der Waals surface area (Å²) in [5.74, 6) is -0.0816. The van der Waals surface area contributed by atoms with Crippen molar-refractivity contribution in [3.8, 4) is 0 Å². The van der Waals surface area contributed by atoms with Gasteiger partial charge in [-0.2, -0.15) is 0 Å². The van der Waals surface area contributed by atoms with Gasteiger partial charge in [-0.15, -0.1) is 0 Å². The van der Waals surface area contributed by atoms with E-state index in [0.29, 0.717) is 19.6 Å². The van der Waals surface area contributed by atoms with Crippen LogP contribution < -0.4 is 0 Å². The van der Waals surface area contributed by atoms with E-state index in [-0.39, 0.29) is 5.97 Å². The molecule has 0 atom stereocenters. The minimum atomic E-state index is -0.0816. The van der Waals surface area contributed by atoms with Crippen LogP contribution in [0.25, 0.3) is 10.4 Å². The summed E-state index contributed by atoms with van der Waals surface area (Å²) in [6, 6.07) is 0. The molecule has 0 aliphatic rings. The van der Waals surface area contributed by atoms with Crippen LogP contribution >= 0.6 is 0 Å². The Morgan fingerprint density at radius 3 is 2.29 bits per heavy atom. The zero-order valence-corrected chi connectivity index (χ0v) is 10.7. The lowest BCUT2D eigenvalue weighted by Gasteiger charge is -2.02. The Morgan fingerprint density at radius 2 is 1.71 bits per heavy atom. The van der Waals surface area contributed by atoms with Crippen molar-refractivity contribution < 1.29 is 9.53 Å². The first-order chi connectivity index (χ1) is 8.31. The molecule has 0 saturated heterocycles. The fourth-order valence-electron chi connectivity index (χ4n) is 1.61. The van der Waals surface area contributed by atoms with E-state index in [1.165, 1.54) is 19.3 Å². The predicted molar refractivity (Wildman–Crippen MR) is 67.6 cm³/mol. The van der Waals surface area contributed by atoms with Gasteiger partial charge in [-0.3, -0.25) is 4.79 Å². The van der Waals surface area contributed by atoms with Crippen molar-refractivity contribution in [2.45, 2.75) is 58.3 Å². The number of carbonyl (C=O) groups excluding carboxylic acids is 1. The fourth-order valence-corrected chi connectivity index (χ4v) is 1.61. The molecular weight excluding hydrogens is 218 g/mol. The van der Waals surface area contributed by atoms with Crippen molar-refractivity contribution in [1.29, 1.82) is 0 Å². The van der Waals surface area contributed by atoms with Gasteiger partial charge >= 0.3 is 5.97 Å². The van der Waals surface area contributed by atoms with E-state index in [9.17, 15) is 4.79 Å². The molecule has 0 amide bonds. The lowest BCUT2D eigenvalue weighted by molar-refractivity contribution is -0.143. The summed E-state index contributed by atoms with van der Waals surface area (Å²) in [6.07, 6.45) is 8.21. The number of ether oxygens (including phenoxy) is 1. The highest BCUT2D eigenvalue weighted by Crippen LogP contribution is 2.09. The molecule has 0 rings (SSSR count). The van der Waals surface area contributed by atoms with Gasteiger partial charge in [-0.05, 0) is 25.3 Å². The van der Waals surface area contributed by atoms with Gasteiger partial charge < -0.3 is 4.74 Å². The molecule has 17 heavy (non-hydrogen) atoms. The van der Waals surface area contributed by atoms with Crippen LogP contribution in [-0.2, 0) is 9.53 Å². The Kier molecular flexibility index (Phi) is 11.9. The number of hydrogen-bond donors (Lipinski definition) is 0. The molecule has 0 aromatic rings. The van der Waals surface area contributed by atoms with Crippen molar-refractivity contribution in [2.24, 2.45) is 5.11 Å². The Bertz CT molecular complexity index is 238. The van der Waals surface area contributed by atoms with Gasteiger partial charge in [0.2, 0.25) is 0 Å². The van der Waals surface area contributed by atoms with Crippen LogP contribution in [0.15, 0.2) is 5.11 Å². The van der Waals surface area contributed by atoms with E-state index >= 15 is 0 Å². The average molecular weight is 241 g/mol. The van der Waals surface area contributed by atoms with Gasteiger partial charge in [0.15, 0.2) is 0 Å². The van der Waals surface area contributed by atoms with Crippen molar-refractivity contribution >= 4 is 5.97 Å². The zero-order chi connectivity index (χ0) is 12.8. The third-order valence-corrected chi connectivity index (χ3v) is 2.51. The van der Waals surface area contributed by atoms with Gasteiger partial charge in [0.05, 0.1) is 6.61 Å². The molecule has 5 nitrogen and oxygen atoms in total. The van der Waals surface area contributed by atoms with Gasteiger partial charge in [0.1, 0.15) is 0 Å². The van der Waals surface area contributed by atoms with E-state index in [0.717, 1.165) is 25.7 Å². The minimum absolute atomic E-state index is 0.0816. The first-order valence-corrected chi connectivity index (χ1v) is 6.47. The fraction of sp³-hybridized carbons (Fsp3) is 0.917. The summed E-state index contributed by atoms with van der Waals surface area (Å²) in [5.41, 5.74) is 8.07. The second-order valence-electron chi connectivity index (χ2n) is 3.98. The summed E-state index contributed by atoms with van der Waals surface area (Å²) in [5, 5.41) is 3.49. The van der Waals surface area contributed by atoms with Gasteiger partial charge in [-0.1, -0.05) is 37.2 Å². The number of hydrogen-bond acceptors (Lipinski definition) is 3. The van der Waals surface area contributed by atoms with E-state index in [1.54, 1.807) is 0 Å². The zero-order valence-electron chi connectivity index (χ0n) is 10.7. The maximum atomic E-state index is 11.0. The van der Waals surface area contributed by atoms with Crippen LogP contribution in [0.1, 0.15) is 58.3 Å². The standard InChI is InChI=1S/C12H23N3O2/c1-2-17-12(16)10-8-6-4-3-5-7-9-11-14-15-13/h2-11H2,1H3. The van der Waals surface area contributed by atoms with Crippen molar-refractivity contribution in [1.82, 2.24) is 0 Å². The Hall–Kier alpha value is -1.22. The van der Waals surface area contributed by atoms with Crippen LogP contribution in [0.5, 0.6) is 0 Å². The highest BCUT2D eigenvalue weighted by atomic mass is 16.5. The molecule has 0 bridgehead atoms. The van der Waals surface area contributed by atoms with Crippen molar-refractivity contribution in [2.75, 3.05) is 13.2 Å². The maximum absolute atomic E-state index is 11.0. The maximum Gasteiger partial charge on any atom is 0.305 e. The number of azide groups is 1. The topological polar surface area (TPSA) is 75.1 Å². The molecule has 0 aromatic heterocycles. The quantitative estimate of drug-likeness (QED) is 0.180. The SMILES string of the molecule is CCOC(=O)CCCCCCCCCN=[N+]=[N-]. The first kappa shape index (κ1) is 15.8. The summed E-state index contributed by atoms with van der Waals surface area (Å²) in [6.45, 7) is 2.91. The third-order valence-electron chi connectivity index (χ3n) is 2.51. The normalized spacial score (nSPS) is 9.71. The number of esters is 1. The molecule has 0 radical (unpaired) electrons. The molecule has 0 aromatic carbocycles. The molecule has 5 heteroatoms. The van der Waals surface area contributed by atoms with E-state index < -0.39 is 0 Å². The molecule has 0 saturated carbocycles. The van der Waals surface area contributed by atoms with Crippen molar-refractivity contribution in [3.05, 3.63) is 10.4 Å². The van der Waals surface area contributed by atoms with Crippen molar-refractivity contribution in [3.63, 3.8) is 0 Å². The number of nitrogens with zero attached hydrogens (tertiary/aromatic N) is 3. The van der Waals surface area contributed by atoms with Gasteiger partial charge in [-0.25, -0.2) is 0 Å². The second kappa shape index (κ2) is 12.8. The lowest BCUT2D eigenvalue weighted by atomic mass is 10.1. The minimum Gasteiger partial charge on any atom is -0.466 e. The Labute approximate surface area is 103 Å². The molecular formula is C12H23N3O2. The number of unbranched alkanes of at least 4 members (excludes halogenated alkanes) is 6. The Balaban J connectivity index is 3.08. The molecule has 0 spiro atoms. The summed E-state index contributed by atoms with van der Waals surface area (Å²) < 4.78 is 4.85. The second-order valence-corrected chi connectivity index (χ2v) is 3.98. The van der Waals surface area contributed by atoms with Crippen LogP contribution in [0.3, 0.4) is 0 Å². The number of carbonyl (C=O) groups is 1. The van der Waals surface area contributed by atoms with Crippen LogP contribution in [-0.4, -0.2) is 19.1 Å². The summed E-state index contributed by atoms with van der Waals surface area (Å²) >= 11 is 0. The van der Waals surface area contributed by atoms with E-state index in [2.05, 4.69) is 10.0 Å². The summed E-state index contributed by atoms with van der Waals surface area (Å²) in [7, 11) is 0. The van der Waals surface area contributed by atoms with Crippen LogP contribution in [0, 0.1) is 0 Å². The third kappa shape index (κ3) is 12.7. The highest BCUT2D eigenvalue weighted by molar-refractivity contribution is 5.69. The monoisotopic (exact) mass is 241 g/mol. The average Bonchev–Trinajstić information content (AvgIpc) is 2.32. The molecule has 0 aliphatic heterocycles. The molecule has 0 unspecified atom stereocenters. The Morgan fingerprint density at radius 1 is 1.12 bits per heavy atom. The molecule has 0 N–H and O–H groups in total. The molecule has 0 fully saturated rings. The molecule has 0 aliphatic carbocycles. The summed E-state index contributed by atoms with van der Waals surface area (Å²) in [4.78, 5) is 13.7. The highest BCUT2D eigenvalue weighted by Gasteiger charge is 2.00. The van der Waals surface area contributed by atoms with E-state index in [1.807, 2.05) is 6.92 Å².